The van der Waals surface area contributed by atoms with Crippen LogP contribution in [0.4, 0.5) is 10.5 Å². The summed E-state index contributed by atoms with van der Waals surface area (Å²) in [6, 6.07) is 16.3. The SMILES string of the molecule is Cc1c(NC(=O)OCC2c3ccccc3-c3ccccc32)c(C)c(C(=O)O)c(C)c1B1OC(C)(C)C(C)(C)O1. The van der Waals surface area contributed by atoms with Gasteiger partial charge in [0.2, 0.25) is 0 Å². The summed E-state index contributed by atoms with van der Waals surface area (Å²) in [6.07, 6.45) is -0.650. The lowest BCUT2D eigenvalue weighted by Gasteiger charge is -2.32. The number of hydrogen-bond acceptors (Lipinski definition) is 5. The highest BCUT2D eigenvalue weighted by molar-refractivity contribution is 6.63. The van der Waals surface area contributed by atoms with Gasteiger partial charge < -0.3 is 19.2 Å². The van der Waals surface area contributed by atoms with Gasteiger partial charge in [0.15, 0.2) is 0 Å². The van der Waals surface area contributed by atoms with Gasteiger partial charge in [0.1, 0.15) is 6.61 Å². The van der Waals surface area contributed by atoms with E-state index in [-0.39, 0.29) is 18.1 Å². The predicted molar refractivity (Wildman–Crippen MR) is 152 cm³/mol. The van der Waals surface area contributed by atoms with Crippen LogP contribution in [0.25, 0.3) is 11.1 Å². The lowest BCUT2D eigenvalue weighted by molar-refractivity contribution is 0.00578. The number of benzene rings is 3. The number of carboxylic acid groups (broad SMARTS) is 1. The Bertz CT molecular complexity index is 1430. The molecule has 5 rings (SSSR count). The summed E-state index contributed by atoms with van der Waals surface area (Å²) in [6.45, 7) is 13.2. The van der Waals surface area contributed by atoms with E-state index >= 15 is 0 Å². The quantitative estimate of drug-likeness (QED) is 0.397. The molecule has 39 heavy (non-hydrogen) atoms. The van der Waals surface area contributed by atoms with Crippen LogP contribution in [0.15, 0.2) is 48.5 Å². The number of anilines is 1. The molecular weight excluding hydrogens is 493 g/mol. The first kappa shape index (κ1) is 27.0. The number of carboxylic acids is 1. The van der Waals surface area contributed by atoms with E-state index in [0.717, 1.165) is 22.3 Å². The number of rotatable bonds is 5. The van der Waals surface area contributed by atoms with Crippen molar-refractivity contribution in [3.05, 3.63) is 81.9 Å². The molecule has 1 amide bonds. The fourth-order valence-electron chi connectivity index (χ4n) is 5.80. The van der Waals surface area contributed by atoms with Crippen molar-refractivity contribution in [1.29, 1.82) is 0 Å². The minimum Gasteiger partial charge on any atom is -0.478 e. The van der Waals surface area contributed by atoms with Gasteiger partial charge in [0.25, 0.3) is 0 Å². The summed E-state index contributed by atoms with van der Waals surface area (Å²) in [5.41, 5.74) is 6.09. The number of carbonyl (C=O) groups is 2. The first-order valence-corrected chi connectivity index (χ1v) is 13.2. The molecule has 0 atom stereocenters. The molecule has 8 heteroatoms. The van der Waals surface area contributed by atoms with Crippen LogP contribution in [-0.2, 0) is 14.0 Å². The van der Waals surface area contributed by atoms with E-state index in [9.17, 15) is 14.7 Å². The Morgan fingerprint density at radius 1 is 0.872 bits per heavy atom. The molecule has 1 aliphatic carbocycles. The Labute approximate surface area is 229 Å². The molecule has 0 saturated carbocycles. The molecule has 1 aliphatic heterocycles. The fourth-order valence-corrected chi connectivity index (χ4v) is 5.80. The molecule has 0 unspecified atom stereocenters. The van der Waals surface area contributed by atoms with Crippen molar-refractivity contribution >= 4 is 30.3 Å². The maximum Gasteiger partial charge on any atom is 0.495 e. The summed E-state index contributed by atoms with van der Waals surface area (Å²) in [5.74, 6) is -1.17. The molecule has 0 spiro atoms. The highest BCUT2D eigenvalue weighted by Crippen LogP contribution is 2.44. The van der Waals surface area contributed by atoms with Gasteiger partial charge in [0, 0.05) is 5.92 Å². The van der Waals surface area contributed by atoms with Crippen LogP contribution in [-0.4, -0.2) is 42.1 Å². The third-order valence-electron chi connectivity index (χ3n) is 8.58. The molecule has 1 heterocycles. The third kappa shape index (κ3) is 4.41. The van der Waals surface area contributed by atoms with Crippen molar-refractivity contribution in [3.63, 3.8) is 0 Å². The molecule has 0 aromatic heterocycles. The van der Waals surface area contributed by atoms with Gasteiger partial charge in [-0.25, -0.2) is 9.59 Å². The van der Waals surface area contributed by atoms with Crippen molar-refractivity contribution in [2.75, 3.05) is 11.9 Å². The van der Waals surface area contributed by atoms with Gasteiger partial charge >= 0.3 is 19.2 Å². The molecule has 3 aromatic carbocycles. The van der Waals surface area contributed by atoms with Gasteiger partial charge in [-0.1, -0.05) is 48.5 Å². The summed E-state index contributed by atoms with van der Waals surface area (Å²) < 4.78 is 18.3. The molecule has 1 fully saturated rings. The summed E-state index contributed by atoms with van der Waals surface area (Å²) >= 11 is 0. The number of hydrogen-bond donors (Lipinski definition) is 2. The van der Waals surface area contributed by atoms with Crippen LogP contribution in [0, 0.1) is 20.8 Å². The number of amides is 1. The minimum atomic E-state index is -1.08. The minimum absolute atomic E-state index is 0.0849. The van der Waals surface area contributed by atoms with Crippen LogP contribution >= 0.6 is 0 Å². The van der Waals surface area contributed by atoms with E-state index in [1.54, 1.807) is 13.8 Å². The van der Waals surface area contributed by atoms with E-state index in [4.69, 9.17) is 14.0 Å². The Kier molecular flexibility index (Phi) is 6.60. The summed E-state index contributed by atoms with van der Waals surface area (Å²) in [7, 11) is -0.781. The largest absolute Gasteiger partial charge is 0.495 e. The van der Waals surface area contributed by atoms with E-state index in [1.165, 1.54) is 0 Å². The Morgan fingerprint density at radius 3 is 1.90 bits per heavy atom. The van der Waals surface area contributed by atoms with Crippen LogP contribution < -0.4 is 10.8 Å². The Hall–Kier alpha value is -3.62. The van der Waals surface area contributed by atoms with E-state index in [2.05, 4.69) is 29.6 Å². The second-order valence-corrected chi connectivity index (χ2v) is 11.4. The molecule has 3 aromatic rings. The Balaban J connectivity index is 1.44. The topological polar surface area (TPSA) is 94.1 Å². The van der Waals surface area contributed by atoms with Crippen LogP contribution in [0.2, 0.25) is 0 Å². The van der Waals surface area contributed by atoms with Crippen LogP contribution in [0.3, 0.4) is 0 Å². The number of nitrogens with one attached hydrogen (secondary N) is 1. The first-order valence-electron chi connectivity index (χ1n) is 13.2. The predicted octanol–water partition coefficient (Wildman–Crippen LogP) is 5.97. The smallest absolute Gasteiger partial charge is 0.478 e. The molecule has 202 valence electrons. The zero-order valence-electron chi connectivity index (χ0n) is 23.5. The second-order valence-electron chi connectivity index (χ2n) is 11.4. The number of fused-ring (bicyclic) bond motifs is 3. The number of aromatic carboxylic acids is 1. The maximum atomic E-state index is 13.2. The van der Waals surface area contributed by atoms with Gasteiger partial charge in [0.05, 0.1) is 22.5 Å². The second kappa shape index (κ2) is 9.54. The first-order chi connectivity index (χ1) is 18.3. The standard InChI is InChI=1S/C31H34BNO6/c1-17-25(28(34)35)18(2)27(19(3)26(17)32-38-30(4,5)31(6,7)39-32)33-29(36)37-16-24-22-14-10-8-12-20(22)21-13-9-11-15-23(21)24/h8-15,24H,16H2,1-7H3,(H,33,36)(H,34,35). The zero-order valence-corrected chi connectivity index (χ0v) is 23.5. The van der Waals surface area contributed by atoms with E-state index in [0.29, 0.717) is 27.8 Å². The molecule has 0 radical (unpaired) electrons. The average molecular weight is 527 g/mol. The lowest BCUT2D eigenvalue weighted by Crippen LogP contribution is -2.41. The molecule has 2 aliphatic rings. The van der Waals surface area contributed by atoms with Crippen molar-refractivity contribution in [2.45, 2.75) is 65.6 Å². The summed E-state index contributed by atoms with van der Waals surface area (Å²) in [4.78, 5) is 25.5. The van der Waals surface area contributed by atoms with Gasteiger partial charge in [-0.05, 0) is 92.9 Å². The maximum absolute atomic E-state index is 13.2. The Morgan fingerprint density at radius 2 is 1.38 bits per heavy atom. The molecule has 2 N–H and O–H groups in total. The molecule has 1 saturated heterocycles. The van der Waals surface area contributed by atoms with Crippen molar-refractivity contribution in [1.82, 2.24) is 0 Å². The molecule has 0 bridgehead atoms. The highest BCUT2D eigenvalue weighted by Gasteiger charge is 2.53. The van der Waals surface area contributed by atoms with E-state index < -0.39 is 30.4 Å². The molecular formula is C31H34BNO6. The monoisotopic (exact) mass is 527 g/mol. The van der Waals surface area contributed by atoms with Gasteiger partial charge in [-0.2, -0.15) is 0 Å². The van der Waals surface area contributed by atoms with E-state index in [1.807, 2.05) is 58.9 Å². The highest BCUT2D eigenvalue weighted by atomic mass is 16.7. The average Bonchev–Trinajstić information content (AvgIpc) is 3.29. The van der Waals surface area contributed by atoms with Gasteiger partial charge in [-0.3, -0.25) is 5.32 Å². The fraction of sp³-hybridized carbons (Fsp3) is 0.355. The molecule has 7 nitrogen and oxygen atoms in total. The number of ether oxygens (including phenoxy) is 1. The summed E-state index contributed by atoms with van der Waals surface area (Å²) in [5, 5.41) is 12.9. The van der Waals surface area contributed by atoms with Crippen molar-refractivity contribution in [3.8, 4) is 11.1 Å². The number of carbonyl (C=O) groups excluding carboxylic acids is 1. The lowest BCUT2D eigenvalue weighted by atomic mass is 9.70. The normalized spacial score (nSPS) is 17.1. The van der Waals surface area contributed by atoms with Crippen LogP contribution in [0.1, 0.15) is 71.8 Å². The third-order valence-corrected chi connectivity index (χ3v) is 8.58. The van der Waals surface area contributed by atoms with Crippen LogP contribution in [0.5, 0.6) is 0 Å². The van der Waals surface area contributed by atoms with Gasteiger partial charge in [-0.15, -0.1) is 0 Å². The van der Waals surface area contributed by atoms with Crippen molar-refractivity contribution in [2.24, 2.45) is 0 Å². The zero-order chi connectivity index (χ0) is 28.3. The van der Waals surface area contributed by atoms with Crippen molar-refractivity contribution < 1.29 is 28.7 Å².